The van der Waals surface area contributed by atoms with Crippen molar-refractivity contribution in [2.24, 2.45) is 0 Å². The number of hydrogen-bond donors (Lipinski definition) is 0. The maximum absolute atomic E-state index is 5.09. The Bertz CT molecular complexity index is 2360. The Hall–Kier alpha value is -6.00. The van der Waals surface area contributed by atoms with Gasteiger partial charge < -0.3 is 0 Å². The van der Waals surface area contributed by atoms with E-state index in [9.17, 15) is 0 Å². The number of nitrogens with zero attached hydrogens (tertiary/aromatic N) is 4. The minimum absolute atomic E-state index is 0.593. The molecule has 0 unspecified atom stereocenters. The van der Waals surface area contributed by atoms with Crippen molar-refractivity contribution in [2.75, 3.05) is 0 Å². The topological polar surface area (TPSA) is 51.6 Å². The predicted octanol–water partition coefficient (Wildman–Crippen LogP) is 10.1. The second-order valence-corrected chi connectivity index (χ2v) is 11.6. The highest BCUT2D eigenvalue weighted by Crippen LogP contribution is 2.31. The first-order chi connectivity index (χ1) is 22.7. The molecule has 46 heavy (non-hydrogen) atoms. The molecular weight excluding hydrogens is 560 g/mol. The fraction of sp³-hybridized carbons (Fsp3) is 0.0476. The highest BCUT2D eigenvalue weighted by atomic mass is 14.9. The van der Waals surface area contributed by atoms with Gasteiger partial charge in [-0.15, -0.1) is 0 Å². The van der Waals surface area contributed by atoms with Crippen LogP contribution in [0.2, 0.25) is 0 Å². The summed E-state index contributed by atoms with van der Waals surface area (Å²) < 4.78 is 0. The average Bonchev–Trinajstić information content (AvgIpc) is 3.11. The lowest BCUT2D eigenvalue weighted by molar-refractivity contribution is 0.976. The van der Waals surface area contributed by atoms with Gasteiger partial charge in [0.05, 0.1) is 22.8 Å². The van der Waals surface area contributed by atoms with Gasteiger partial charge in [-0.05, 0) is 58.3 Å². The summed E-state index contributed by atoms with van der Waals surface area (Å²) in [6, 6.07) is 52.8. The van der Waals surface area contributed by atoms with Crippen LogP contribution in [-0.4, -0.2) is 19.9 Å². The van der Waals surface area contributed by atoms with Gasteiger partial charge in [-0.2, -0.15) is 0 Å². The Balaban J connectivity index is 1.17. The third-order valence-corrected chi connectivity index (χ3v) is 8.38. The molecule has 0 saturated heterocycles. The van der Waals surface area contributed by atoms with E-state index in [1.807, 2.05) is 25.1 Å². The predicted molar refractivity (Wildman–Crippen MR) is 188 cm³/mol. The average molecular weight is 591 g/mol. The van der Waals surface area contributed by atoms with E-state index in [0.29, 0.717) is 6.42 Å². The molecule has 8 aromatic rings. The summed E-state index contributed by atoms with van der Waals surface area (Å²) >= 11 is 0. The van der Waals surface area contributed by atoms with Crippen LogP contribution in [0.25, 0.3) is 66.6 Å². The van der Waals surface area contributed by atoms with E-state index in [4.69, 9.17) is 19.9 Å². The molecule has 0 bridgehead atoms. The van der Waals surface area contributed by atoms with Gasteiger partial charge in [0.1, 0.15) is 11.6 Å². The van der Waals surface area contributed by atoms with Gasteiger partial charge in [0.25, 0.3) is 0 Å². The van der Waals surface area contributed by atoms with E-state index in [1.165, 1.54) is 21.5 Å². The van der Waals surface area contributed by atoms with Crippen LogP contribution in [0.3, 0.4) is 0 Å². The van der Waals surface area contributed by atoms with Crippen LogP contribution in [0.15, 0.2) is 152 Å². The van der Waals surface area contributed by atoms with Crippen LogP contribution in [0, 0.1) is 6.92 Å². The molecule has 0 aliphatic heterocycles. The van der Waals surface area contributed by atoms with Crippen molar-refractivity contribution in [3.05, 3.63) is 169 Å². The summed E-state index contributed by atoms with van der Waals surface area (Å²) in [6.45, 7) is 1.96. The maximum Gasteiger partial charge on any atom is 0.134 e. The number of hydrogen-bond acceptors (Lipinski definition) is 4. The van der Waals surface area contributed by atoms with Gasteiger partial charge >= 0.3 is 0 Å². The fourth-order valence-electron chi connectivity index (χ4n) is 6.16. The van der Waals surface area contributed by atoms with Gasteiger partial charge in [-0.1, -0.05) is 127 Å². The van der Waals surface area contributed by atoms with Gasteiger partial charge in [-0.25, -0.2) is 19.9 Å². The smallest absolute Gasteiger partial charge is 0.134 e. The van der Waals surface area contributed by atoms with Crippen molar-refractivity contribution < 1.29 is 0 Å². The monoisotopic (exact) mass is 590 g/mol. The third kappa shape index (κ3) is 5.53. The number of benzene rings is 6. The normalized spacial score (nSPS) is 11.2. The number of fused-ring (bicyclic) bond motifs is 2. The number of rotatable bonds is 6. The number of aryl methyl sites for hydroxylation is 1. The Kier molecular flexibility index (Phi) is 7.08. The van der Waals surface area contributed by atoms with Gasteiger partial charge in [0.15, 0.2) is 0 Å². The zero-order chi connectivity index (χ0) is 30.9. The van der Waals surface area contributed by atoms with Crippen molar-refractivity contribution in [3.8, 4) is 45.0 Å². The molecule has 4 nitrogen and oxygen atoms in total. The Morgan fingerprint density at radius 2 is 1.02 bits per heavy atom. The second-order valence-electron chi connectivity index (χ2n) is 11.6. The van der Waals surface area contributed by atoms with Crippen molar-refractivity contribution >= 4 is 21.5 Å². The molecule has 2 heterocycles. The lowest BCUT2D eigenvalue weighted by Gasteiger charge is -2.12. The zero-order valence-corrected chi connectivity index (χ0v) is 25.4. The zero-order valence-electron chi connectivity index (χ0n) is 25.4. The van der Waals surface area contributed by atoms with E-state index in [1.54, 1.807) is 0 Å². The standard InChI is InChI=1S/C42H30N4/c1-28-43-39(27-41(44-28)37-20-10-17-31-13-7-8-19-36(31)37)34-18-9-11-29(23-34)24-42-45-38(32-14-3-2-4-15-32)26-40(46-42)35-22-21-30-12-5-6-16-33(30)25-35/h2-23,25-27H,24H2,1H3. The highest BCUT2D eigenvalue weighted by molar-refractivity contribution is 5.96. The van der Waals surface area contributed by atoms with Crippen molar-refractivity contribution in [3.63, 3.8) is 0 Å². The fourth-order valence-corrected chi connectivity index (χ4v) is 6.16. The van der Waals surface area contributed by atoms with E-state index >= 15 is 0 Å². The quantitative estimate of drug-likeness (QED) is 0.193. The first-order valence-electron chi connectivity index (χ1n) is 15.5. The van der Waals surface area contributed by atoms with E-state index in [2.05, 4.69) is 133 Å². The SMILES string of the molecule is Cc1nc(-c2cccc(Cc3nc(-c4ccccc4)cc(-c4ccc5ccccc5c4)n3)c2)cc(-c2cccc3ccccc23)n1. The van der Waals surface area contributed by atoms with E-state index in [-0.39, 0.29) is 0 Å². The van der Waals surface area contributed by atoms with Crippen LogP contribution in [0.4, 0.5) is 0 Å². The Morgan fingerprint density at radius 3 is 1.89 bits per heavy atom. The van der Waals surface area contributed by atoms with Crippen LogP contribution >= 0.6 is 0 Å². The largest absolute Gasteiger partial charge is 0.233 e. The Morgan fingerprint density at radius 1 is 0.413 bits per heavy atom. The van der Waals surface area contributed by atoms with Crippen LogP contribution < -0.4 is 0 Å². The first kappa shape index (κ1) is 27.5. The summed E-state index contributed by atoms with van der Waals surface area (Å²) in [5, 5.41) is 4.78. The molecule has 0 radical (unpaired) electrons. The van der Waals surface area contributed by atoms with Gasteiger partial charge in [-0.3, -0.25) is 0 Å². The third-order valence-electron chi connectivity index (χ3n) is 8.38. The molecule has 0 spiro atoms. The lowest BCUT2D eigenvalue weighted by atomic mass is 10.00. The minimum atomic E-state index is 0.593. The summed E-state index contributed by atoms with van der Waals surface area (Å²) in [5.74, 6) is 1.52. The molecule has 2 aromatic heterocycles. The maximum atomic E-state index is 5.09. The summed E-state index contributed by atoms with van der Waals surface area (Å²) in [6.07, 6.45) is 0.593. The van der Waals surface area contributed by atoms with E-state index < -0.39 is 0 Å². The van der Waals surface area contributed by atoms with Crippen LogP contribution in [0.5, 0.6) is 0 Å². The molecule has 0 aliphatic carbocycles. The molecule has 0 fully saturated rings. The highest BCUT2D eigenvalue weighted by Gasteiger charge is 2.13. The molecule has 4 heteroatoms. The molecular formula is C42H30N4. The van der Waals surface area contributed by atoms with E-state index in [0.717, 1.165) is 62.2 Å². The minimum Gasteiger partial charge on any atom is -0.233 e. The molecule has 0 saturated carbocycles. The van der Waals surface area contributed by atoms with Crippen LogP contribution in [-0.2, 0) is 6.42 Å². The summed E-state index contributed by atoms with van der Waals surface area (Å²) in [4.78, 5) is 19.8. The molecule has 0 amide bonds. The van der Waals surface area contributed by atoms with Crippen LogP contribution in [0.1, 0.15) is 17.2 Å². The van der Waals surface area contributed by atoms with Crippen molar-refractivity contribution in [2.45, 2.75) is 13.3 Å². The lowest BCUT2D eigenvalue weighted by Crippen LogP contribution is -2.01. The summed E-state index contributed by atoms with van der Waals surface area (Å²) in [5.41, 5.74) is 9.05. The number of aromatic nitrogens is 4. The molecule has 8 rings (SSSR count). The van der Waals surface area contributed by atoms with Gasteiger partial charge in [0.2, 0.25) is 0 Å². The first-order valence-corrected chi connectivity index (χ1v) is 15.5. The van der Waals surface area contributed by atoms with Crippen molar-refractivity contribution in [1.82, 2.24) is 19.9 Å². The molecule has 0 aliphatic rings. The van der Waals surface area contributed by atoms with Gasteiger partial charge in [0, 0.05) is 28.7 Å². The Labute approximate surface area is 268 Å². The molecule has 218 valence electrons. The molecule has 6 aromatic carbocycles. The second kappa shape index (κ2) is 11.8. The van der Waals surface area contributed by atoms with Crippen molar-refractivity contribution in [1.29, 1.82) is 0 Å². The molecule has 0 N–H and O–H groups in total. The summed E-state index contributed by atoms with van der Waals surface area (Å²) in [7, 11) is 0. The molecule has 0 atom stereocenters.